The Morgan fingerprint density at radius 2 is 1.70 bits per heavy atom. The van der Waals surface area contributed by atoms with Crippen LogP contribution < -0.4 is 9.46 Å². The van der Waals surface area contributed by atoms with Crippen LogP contribution in [0.5, 0.6) is 5.75 Å². The van der Waals surface area contributed by atoms with E-state index in [1.807, 2.05) is 26.0 Å². The first-order chi connectivity index (χ1) is 12.7. The topological polar surface area (TPSA) is 81.7 Å². The molecule has 0 heterocycles. The van der Waals surface area contributed by atoms with Gasteiger partial charge in [0.1, 0.15) is 10.6 Å². The van der Waals surface area contributed by atoms with Gasteiger partial charge in [0.05, 0.1) is 24.8 Å². The van der Waals surface area contributed by atoms with Gasteiger partial charge in [-0.3, -0.25) is 0 Å². The Kier molecular flexibility index (Phi) is 6.86. The van der Waals surface area contributed by atoms with Gasteiger partial charge in [-0.15, -0.1) is 0 Å². The average Bonchev–Trinajstić information content (AvgIpc) is 2.65. The van der Waals surface area contributed by atoms with Crippen molar-refractivity contribution in [3.63, 3.8) is 0 Å². The maximum atomic E-state index is 12.9. The third-order valence-corrected chi connectivity index (χ3v) is 5.99. The molecule has 0 aliphatic heterocycles. The summed E-state index contributed by atoms with van der Waals surface area (Å²) in [6, 6.07) is 10.7. The molecule has 146 valence electrons. The van der Waals surface area contributed by atoms with E-state index in [-0.39, 0.29) is 21.4 Å². The van der Waals surface area contributed by atoms with Crippen molar-refractivity contribution in [2.45, 2.75) is 24.8 Å². The van der Waals surface area contributed by atoms with Gasteiger partial charge in [0, 0.05) is 6.04 Å². The van der Waals surface area contributed by atoms with Gasteiger partial charge in [0.15, 0.2) is 0 Å². The number of carbonyl (C=O) groups is 1. The van der Waals surface area contributed by atoms with Crippen LogP contribution in [0, 0.1) is 5.92 Å². The van der Waals surface area contributed by atoms with Gasteiger partial charge in [-0.25, -0.2) is 17.9 Å². The minimum atomic E-state index is -3.91. The highest BCUT2D eigenvalue weighted by atomic mass is 35.5. The quantitative estimate of drug-likeness (QED) is 0.700. The summed E-state index contributed by atoms with van der Waals surface area (Å²) >= 11 is 6.12. The number of ether oxygens (including phenoxy) is 2. The molecule has 2 aromatic rings. The fourth-order valence-electron chi connectivity index (χ4n) is 2.59. The van der Waals surface area contributed by atoms with Crippen molar-refractivity contribution in [3.8, 4) is 5.75 Å². The van der Waals surface area contributed by atoms with E-state index in [1.54, 1.807) is 19.2 Å². The van der Waals surface area contributed by atoms with Crippen molar-refractivity contribution in [2.24, 2.45) is 5.92 Å². The molecular formula is C19H22ClNO5S. The highest BCUT2D eigenvalue weighted by Crippen LogP contribution is 2.29. The van der Waals surface area contributed by atoms with E-state index in [0.29, 0.717) is 5.75 Å². The summed E-state index contributed by atoms with van der Waals surface area (Å²) in [5.74, 6) is 0.0824. The van der Waals surface area contributed by atoms with Gasteiger partial charge in [-0.2, -0.15) is 0 Å². The lowest BCUT2D eigenvalue weighted by atomic mass is 9.97. The van der Waals surface area contributed by atoms with E-state index >= 15 is 0 Å². The van der Waals surface area contributed by atoms with Gasteiger partial charge in [-0.05, 0) is 41.8 Å². The molecule has 1 unspecified atom stereocenters. The Morgan fingerprint density at radius 1 is 1.07 bits per heavy atom. The highest BCUT2D eigenvalue weighted by Gasteiger charge is 2.26. The van der Waals surface area contributed by atoms with Crippen LogP contribution in [0.1, 0.15) is 35.8 Å². The van der Waals surface area contributed by atoms with E-state index in [2.05, 4.69) is 9.46 Å². The molecule has 0 spiro atoms. The lowest BCUT2D eigenvalue weighted by molar-refractivity contribution is 0.0600. The largest absolute Gasteiger partial charge is 0.497 e. The van der Waals surface area contributed by atoms with E-state index in [1.165, 1.54) is 25.3 Å². The maximum Gasteiger partial charge on any atom is 0.337 e. The molecule has 0 saturated carbocycles. The van der Waals surface area contributed by atoms with Gasteiger partial charge in [-0.1, -0.05) is 37.6 Å². The molecular weight excluding hydrogens is 390 g/mol. The van der Waals surface area contributed by atoms with Gasteiger partial charge in [0.25, 0.3) is 0 Å². The van der Waals surface area contributed by atoms with Crippen LogP contribution in [-0.4, -0.2) is 28.6 Å². The zero-order valence-electron chi connectivity index (χ0n) is 15.5. The third kappa shape index (κ3) is 5.00. The highest BCUT2D eigenvalue weighted by molar-refractivity contribution is 7.89. The van der Waals surface area contributed by atoms with Crippen molar-refractivity contribution in [1.29, 1.82) is 0 Å². The summed E-state index contributed by atoms with van der Waals surface area (Å²) in [5.41, 5.74) is 0.980. The van der Waals surface area contributed by atoms with Crippen LogP contribution in [0.3, 0.4) is 0 Å². The SMILES string of the molecule is COC(=O)c1ccc(S(=O)(=O)NC(c2ccc(OC)cc2)C(C)C)c(Cl)c1. The van der Waals surface area contributed by atoms with Crippen molar-refractivity contribution < 1.29 is 22.7 Å². The molecule has 0 amide bonds. The number of carbonyl (C=O) groups excluding carboxylic acids is 1. The first-order valence-corrected chi connectivity index (χ1v) is 10.1. The Hall–Kier alpha value is -2.09. The van der Waals surface area contributed by atoms with Crippen molar-refractivity contribution >= 4 is 27.6 Å². The third-order valence-electron chi connectivity index (χ3n) is 4.07. The lowest BCUT2D eigenvalue weighted by Gasteiger charge is -2.23. The fraction of sp³-hybridized carbons (Fsp3) is 0.316. The molecule has 0 fully saturated rings. The number of esters is 1. The molecule has 6 nitrogen and oxygen atoms in total. The second kappa shape index (κ2) is 8.73. The Morgan fingerprint density at radius 3 is 2.19 bits per heavy atom. The predicted molar refractivity (Wildman–Crippen MR) is 104 cm³/mol. The minimum Gasteiger partial charge on any atom is -0.497 e. The number of hydrogen-bond acceptors (Lipinski definition) is 5. The molecule has 2 aromatic carbocycles. The van der Waals surface area contributed by atoms with E-state index in [9.17, 15) is 13.2 Å². The smallest absolute Gasteiger partial charge is 0.337 e. The van der Waals surface area contributed by atoms with Gasteiger partial charge >= 0.3 is 5.97 Å². The summed E-state index contributed by atoms with van der Waals surface area (Å²) in [6.07, 6.45) is 0. The average molecular weight is 412 g/mol. The first kappa shape index (κ1) is 21.2. The number of halogens is 1. The number of rotatable bonds is 7. The van der Waals surface area contributed by atoms with Crippen molar-refractivity contribution in [1.82, 2.24) is 4.72 Å². The molecule has 27 heavy (non-hydrogen) atoms. The molecule has 0 aliphatic rings. The number of methoxy groups -OCH3 is 2. The molecule has 0 bridgehead atoms. The second-order valence-corrected chi connectivity index (χ2v) is 8.34. The fourth-order valence-corrected chi connectivity index (χ4v) is 4.51. The normalized spacial score (nSPS) is 12.7. The van der Waals surface area contributed by atoms with Crippen molar-refractivity contribution in [2.75, 3.05) is 14.2 Å². The van der Waals surface area contributed by atoms with Crippen LogP contribution in [-0.2, 0) is 14.8 Å². The van der Waals surface area contributed by atoms with Crippen LogP contribution in [0.2, 0.25) is 5.02 Å². The zero-order chi connectivity index (χ0) is 20.2. The molecule has 0 aromatic heterocycles. The van der Waals surface area contributed by atoms with E-state index in [4.69, 9.17) is 16.3 Å². The minimum absolute atomic E-state index is 0.0127. The van der Waals surface area contributed by atoms with Gasteiger partial charge in [0.2, 0.25) is 10.0 Å². The number of nitrogens with one attached hydrogen (secondary N) is 1. The standard InChI is InChI=1S/C19H22ClNO5S/c1-12(2)18(13-5-8-15(25-3)9-6-13)21-27(23,24)17-10-7-14(11-16(17)20)19(22)26-4/h5-12,18,21H,1-4H3. The van der Waals surface area contributed by atoms with Crippen molar-refractivity contribution in [3.05, 3.63) is 58.6 Å². The molecule has 1 atom stereocenters. The first-order valence-electron chi connectivity index (χ1n) is 8.23. The summed E-state index contributed by atoms with van der Waals surface area (Å²) in [7, 11) is -1.11. The molecule has 0 radical (unpaired) electrons. The second-order valence-electron chi connectivity index (χ2n) is 6.25. The molecule has 1 N–H and O–H groups in total. The molecule has 0 aliphatic carbocycles. The van der Waals surface area contributed by atoms with E-state index < -0.39 is 22.0 Å². The predicted octanol–water partition coefficient (Wildman–Crippen LogP) is 3.81. The Labute approximate surface area is 164 Å². The lowest BCUT2D eigenvalue weighted by Crippen LogP contribution is -2.32. The number of hydrogen-bond donors (Lipinski definition) is 1. The summed E-state index contributed by atoms with van der Waals surface area (Å²) < 4.78 is 38.2. The Balaban J connectivity index is 2.35. The number of benzene rings is 2. The monoisotopic (exact) mass is 411 g/mol. The van der Waals surface area contributed by atoms with Crippen LogP contribution in [0.25, 0.3) is 0 Å². The summed E-state index contributed by atoms with van der Waals surface area (Å²) in [6.45, 7) is 3.83. The van der Waals surface area contributed by atoms with E-state index in [0.717, 1.165) is 5.56 Å². The zero-order valence-corrected chi connectivity index (χ0v) is 17.1. The molecule has 2 rings (SSSR count). The van der Waals surface area contributed by atoms with Crippen LogP contribution >= 0.6 is 11.6 Å². The van der Waals surface area contributed by atoms with Crippen LogP contribution in [0.15, 0.2) is 47.4 Å². The Bertz CT molecular complexity index is 910. The summed E-state index contributed by atoms with van der Waals surface area (Å²) in [5, 5.41) is -0.0531. The molecule has 0 saturated heterocycles. The maximum absolute atomic E-state index is 12.9. The van der Waals surface area contributed by atoms with Crippen LogP contribution in [0.4, 0.5) is 0 Å². The van der Waals surface area contributed by atoms with Gasteiger partial charge < -0.3 is 9.47 Å². The molecule has 8 heteroatoms. The number of sulfonamides is 1. The summed E-state index contributed by atoms with van der Waals surface area (Å²) in [4.78, 5) is 11.5.